The van der Waals surface area contributed by atoms with Crippen molar-refractivity contribution in [3.8, 4) is 0 Å². The molecule has 3 nitrogen and oxygen atoms in total. The smallest absolute Gasteiger partial charge is 0.115 e. The summed E-state index contributed by atoms with van der Waals surface area (Å²) in [5.41, 5.74) is 3.41. The molecule has 0 fully saturated rings. The number of hydrogen-bond acceptors (Lipinski definition) is 4. The number of pyridine rings is 1. The molecule has 0 aliphatic rings. The first-order valence-corrected chi connectivity index (χ1v) is 7.03. The van der Waals surface area contributed by atoms with E-state index in [4.69, 9.17) is 4.98 Å². The fraction of sp³-hybridized carbons (Fsp3) is 0.429. The Kier molecular flexibility index (Phi) is 4.09. The van der Waals surface area contributed by atoms with Crippen LogP contribution >= 0.6 is 11.3 Å². The number of aryl methyl sites for hydroxylation is 3. The Hall–Kier alpha value is -1.26. The molecule has 1 atom stereocenters. The summed E-state index contributed by atoms with van der Waals surface area (Å²) in [6.45, 7) is 6.29. The van der Waals surface area contributed by atoms with E-state index in [1.807, 2.05) is 26.2 Å². The molecule has 1 N–H and O–H groups in total. The Balaban J connectivity index is 2.35. The van der Waals surface area contributed by atoms with Crippen molar-refractivity contribution in [3.63, 3.8) is 0 Å². The van der Waals surface area contributed by atoms with Crippen LogP contribution in [0.15, 0.2) is 18.3 Å². The first-order chi connectivity index (χ1) is 8.65. The zero-order valence-corrected chi connectivity index (χ0v) is 12.1. The molecule has 4 heteroatoms. The van der Waals surface area contributed by atoms with E-state index in [9.17, 15) is 0 Å². The van der Waals surface area contributed by atoms with Crippen LogP contribution in [0.2, 0.25) is 0 Å². The van der Waals surface area contributed by atoms with Gasteiger partial charge in [0.15, 0.2) is 0 Å². The molecule has 0 spiro atoms. The Bertz CT molecular complexity index is 516. The van der Waals surface area contributed by atoms with E-state index in [0.29, 0.717) is 0 Å². The monoisotopic (exact) mass is 261 g/mol. The molecule has 18 heavy (non-hydrogen) atoms. The van der Waals surface area contributed by atoms with Gasteiger partial charge in [0, 0.05) is 16.8 Å². The van der Waals surface area contributed by atoms with Crippen molar-refractivity contribution in [3.05, 3.63) is 45.2 Å². The number of thiazole rings is 1. The SMILES string of the molecule is CCc1nc(C(NC)c2ccc(C)nc2)sc1C. The van der Waals surface area contributed by atoms with Crippen LogP contribution in [0.5, 0.6) is 0 Å². The zero-order valence-electron chi connectivity index (χ0n) is 11.3. The lowest BCUT2D eigenvalue weighted by molar-refractivity contribution is 0.680. The third-order valence-electron chi connectivity index (χ3n) is 3.05. The molecule has 2 heterocycles. The molecular formula is C14H19N3S. The maximum Gasteiger partial charge on any atom is 0.115 e. The van der Waals surface area contributed by atoms with Crippen molar-refractivity contribution in [2.24, 2.45) is 0 Å². The molecule has 0 radical (unpaired) electrons. The van der Waals surface area contributed by atoms with Gasteiger partial charge in [-0.2, -0.15) is 0 Å². The number of nitrogens with one attached hydrogen (secondary N) is 1. The topological polar surface area (TPSA) is 37.8 Å². The second-order valence-corrected chi connectivity index (χ2v) is 5.60. The van der Waals surface area contributed by atoms with Gasteiger partial charge in [-0.15, -0.1) is 11.3 Å². The molecular weight excluding hydrogens is 242 g/mol. The second kappa shape index (κ2) is 5.59. The Morgan fingerprint density at radius 1 is 1.33 bits per heavy atom. The lowest BCUT2D eigenvalue weighted by Gasteiger charge is -2.13. The minimum atomic E-state index is 0.141. The van der Waals surface area contributed by atoms with Crippen molar-refractivity contribution in [2.45, 2.75) is 33.2 Å². The standard InChI is InChI=1S/C14H19N3S/c1-5-12-10(3)18-14(17-12)13(15-4)11-7-6-9(2)16-8-11/h6-8,13,15H,5H2,1-4H3. The Morgan fingerprint density at radius 2 is 2.11 bits per heavy atom. The average Bonchev–Trinajstić information content (AvgIpc) is 2.74. The van der Waals surface area contributed by atoms with Crippen LogP contribution in [0.25, 0.3) is 0 Å². The van der Waals surface area contributed by atoms with Crippen LogP contribution in [0.3, 0.4) is 0 Å². The number of rotatable bonds is 4. The third kappa shape index (κ3) is 2.60. The van der Waals surface area contributed by atoms with Crippen LogP contribution in [-0.4, -0.2) is 17.0 Å². The largest absolute Gasteiger partial charge is 0.307 e. The van der Waals surface area contributed by atoms with Gasteiger partial charge in [0.1, 0.15) is 5.01 Å². The molecule has 96 valence electrons. The van der Waals surface area contributed by atoms with E-state index in [0.717, 1.165) is 17.1 Å². The summed E-state index contributed by atoms with van der Waals surface area (Å²) in [7, 11) is 1.97. The molecule has 2 rings (SSSR count). The summed E-state index contributed by atoms with van der Waals surface area (Å²) in [6.07, 6.45) is 2.92. The van der Waals surface area contributed by atoms with E-state index in [2.05, 4.69) is 30.2 Å². The van der Waals surface area contributed by atoms with Gasteiger partial charge in [0.2, 0.25) is 0 Å². The quantitative estimate of drug-likeness (QED) is 0.919. The normalized spacial score (nSPS) is 12.7. The number of hydrogen-bond donors (Lipinski definition) is 1. The van der Waals surface area contributed by atoms with Gasteiger partial charge in [-0.05, 0) is 38.9 Å². The maximum absolute atomic E-state index is 4.73. The Morgan fingerprint density at radius 3 is 2.61 bits per heavy atom. The molecule has 0 saturated carbocycles. The summed E-state index contributed by atoms with van der Waals surface area (Å²) >= 11 is 1.77. The predicted octanol–water partition coefficient (Wildman–Crippen LogP) is 3.03. The Labute approximate surface area is 112 Å². The number of nitrogens with zero attached hydrogens (tertiary/aromatic N) is 2. The summed E-state index contributed by atoms with van der Waals surface area (Å²) < 4.78 is 0. The second-order valence-electron chi connectivity index (χ2n) is 4.36. The van der Waals surface area contributed by atoms with Gasteiger partial charge in [-0.1, -0.05) is 13.0 Å². The van der Waals surface area contributed by atoms with Crippen LogP contribution in [0.4, 0.5) is 0 Å². The molecule has 0 amide bonds. The highest BCUT2D eigenvalue weighted by Crippen LogP contribution is 2.27. The third-order valence-corrected chi connectivity index (χ3v) is 4.13. The van der Waals surface area contributed by atoms with E-state index >= 15 is 0 Å². The summed E-state index contributed by atoms with van der Waals surface area (Å²) in [5, 5.41) is 4.45. The molecule has 2 aromatic rings. The minimum absolute atomic E-state index is 0.141. The van der Waals surface area contributed by atoms with Gasteiger partial charge in [-0.25, -0.2) is 4.98 Å². The highest BCUT2D eigenvalue weighted by atomic mass is 32.1. The van der Waals surface area contributed by atoms with Crippen molar-refractivity contribution in [1.82, 2.24) is 15.3 Å². The van der Waals surface area contributed by atoms with Crippen molar-refractivity contribution in [2.75, 3.05) is 7.05 Å². The van der Waals surface area contributed by atoms with E-state index < -0.39 is 0 Å². The average molecular weight is 261 g/mol. The van der Waals surface area contributed by atoms with E-state index in [-0.39, 0.29) is 6.04 Å². The summed E-state index contributed by atoms with van der Waals surface area (Å²) in [6, 6.07) is 4.30. The van der Waals surface area contributed by atoms with Gasteiger partial charge in [0.25, 0.3) is 0 Å². The van der Waals surface area contributed by atoms with Crippen LogP contribution in [0, 0.1) is 13.8 Å². The fourth-order valence-corrected chi connectivity index (χ4v) is 3.13. The molecule has 0 saturated heterocycles. The number of aromatic nitrogens is 2. The highest BCUT2D eigenvalue weighted by Gasteiger charge is 2.17. The minimum Gasteiger partial charge on any atom is -0.307 e. The predicted molar refractivity (Wildman–Crippen MR) is 76.1 cm³/mol. The lowest BCUT2D eigenvalue weighted by atomic mass is 10.1. The molecule has 0 aromatic carbocycles. The lowest BCUT2D eigenvalue weighted by Crippen LogP contribution is -2.17. The molecule has 0 bridgehead atoms. The van der Waals surface area contributed by atoms with Crippen LogP contribution in [-0.2, 0) is 6.42 Å². The van der Waals surface area contributed by atoms with E-state index in [1.165, 1.54) is 16.1 Å². The van der Waals surface area contributed by atoms with Gasteiger partial charge in [0.05, 0.1) is 11.7 Å². The van der Waals surface area contributed by atoms with E-state index in [1.54, 1.807) is 11.3 Å². The molecule has 1 unspecified atom stereocenters. The van der Waals surface area contributed by atoms with Gasteiger partial charge < -0.3 is 5.32 Å². The van der Waals surface area contributed by atoms with Crippen molar-refractivity contribution >= 4 is 11.3 Å². The zero-order chi connectivity index (χ0) is 13.1. The van der Waals surface area contributed by atoms with Crippen molar-refractivity contribution < 1.29 is 0 Å². The van der Waals surface area contributed by atoms with Crippen LogP contribution < -0.4 is 5.32 Å². The van der Waals surface area contributed by atoms with Crippen LogP contribution in [0.1, 0.15) is 39.8 Å². The first kappa shape index (κ1) is 13.2. The summed E-state index contributed by atoms with van der Waals surface area (Å²) in [4.78, 5) is 10.4. The highest BCUT2D eigenvalue weighted by molar-refractivity contribution is 7.11. The molecule has 2 aromatic heterocycles. The van der Waals surface area contributed by atoms with Crippen molar-refractivity contribution in [1.29, 1.82) is 0 Å². The fourth-order valence-electron chi connectivity index (χ4n) is 1.98. The maximum atomic E-state index is 4.73. The molecule has 0 aliphatic carbocycles. The molecule has 0 aliphatic heterocycles. The van der Waals surface area contributed by atoms with Gasteiger partial charge >= 0.3 is 0 Å². The van der Waals surface area contributed by atoms with Gasteiger partial charge in [-0.3, -0.25) is 4.98 Å². The first-order valence-electron chi connectivity index (χ1n) is 6.21. The summed E-state index contributed by atoms with van der Waals surface area (Å²) in [5.74, 6) is 0.